The highest BCUT2D eigenvalue weighted by Crippen LogP contribution is 2.46. The molecule has 0 fully saturated rings. The molecule has 7 aromatic carbocycles. The lowest BCUT2D eigenvalue weighted by molar-refractivity contribution is 0.669. The number of para-hydroxylation sites is 1. The highest BCUT2D eigenvalue weighted by molar-refractivity contribution is 7.28. The van der Waals surface area contributed by atoms with Gasteiger partial charge in [0, 0.05) is 73.7 Å². The number of anilines is 3. The van der Waals surface area contributed by atoms with E-state index in [1.807, 2.05) is 34.8 Å². The third kappa shape index (κ3) is 4.21. The molecule has 11 aromatic rings. The number of rotatable bonds is 4. The number of nitrogens with zero attached hydrogens (tertiary/aromatic N) is 2. The number of hydrogen-bond acceptors (Lipinski definition) is 6. The van der Waals surface area contributed by atoms with Gasteiger partial charge in [0.15, 0.2) is 0 Å². The Morgan fingerprint density at radius 3 is 1.98 bits per heavy atom. The fourth-order valence-corrected chi connectivity index (χ4v) is 10.7. The van der Waals surface area contributed by atoms with Crippen molar-refractivity contribution in [1.82, 2.24) is 4.98 Å². The van der Waals surface area contributed by atoms with E-state index in [1.165, 1.54) is 45.0 Å². The second-order valence-electron chi connectivity index (χ2n) is 12.3. The van der Waals surface area contributed by atoms with Crippen molar-refractivity contribution in [3.8, 4) is 10.6 Å². The van der Waals surface area contributed by atoms with Crippen molar-refractivity contribution in [2.24, 2.45) is 0 Å². The van der Waals surface area contributed by atoms with Gasteiger partial charge < -0.3 is 9.32 Å². The monoisotopic (exact) mass is 680 g/mol. The van der Waals surface area contributed by atoms with Crippen LogP contribution in [-0.2, 0) is 0 Å². The topological polar surface area (TPSA) is 29.3 Å². The van der Waals surface area contributed by atoms with Gasteiger partial charge in [-0.1, -0.05) is 78.9 Å². The molecule has 0 spiro atoms. The summed E-state index contributed by atoms with van der Waals surface area (Å²) in [6, 6.07) is 52.3. The van der Waals surface area contributed by atoms with E-state index >= 15 is 0 Å². The predicted octanol–water partition coefficient (Wildman–Crippen LogP) is 14.1. The Morgan fingerprint density at radius 2 is 1.10 bits per heavy atom. The van der Waals surface area contributed by atoms with Crippen molar-refractivity contribution in [3.05, 3.63) is 146 Å². The van der Waals surface area contributed by atoms with Crippen LogP contribution >= 0.6 is 34.0 Å². The molecular weight excluding hydrogens is 657 g/mol. The minimum atomic E-state index is 0.897. The first-order valence-corrected chi connectivity index (χ1v) is 18.6. The van der Waals surface area contributed by atoms with E-state index in [-0.39, 0.29) is 0 Å². The maximum absolute atomic E-state index is 6.23. The first-order valence-electron chi connectivity index (χ1n) is 16.2. The molecule has 0 unspecified atom stereocenters. The average Bonchev–Trinajstić information content (AvgIpc) is 3.92. The highest BCUT2D eigenvalue weighted by Gasteiger charge is 2.20. The van der Waals surface area contributed by atoms with E-state index in [4.69, 9.17) is 9.40 Å². The first-order chi connectivity index (χ1) is 24.2. The number of thiophene rings is 2. The SMILES string of the molecule is c1ccc(-c2nc3ccc4sc5cc(N(c6ccc7c(c6)sc6ccccc67)c6ccc7oc8ccccc8c7c6)ccc5c4c3s2)cc1. The Bertz CT molecular complexity index is 3070. The molecule has 0 amide bonds. The van der Waals surface area contributed by atoms with Gasteiger partial charge >= 0.3 is 0 Å². The molecule has 0 aliphatic carbocycles. The quantitative estimate of drug-likeness (QED) is 0.185. The third-order valence-corrected chi connectivity index (χ3v) is 12.9. The normalized spacial score (nSPS) is 12.1. The summed E-state index contributed by atoms with van der Waals surface area (Å²) in [5, 5.41) is 8.48. The standard InChI is InChI=1S/C43H24N2OS3/c1-2-8-25(9-3-1)43-44-34-19-21-38-41(42(34)49-43)32-18-15-28(24-40(32)48-38)45(26-16-20-36-33(22-26)29-10-4-6-12-35(29)46-36)27-14-17-31-30-11-5-7-13-37(30)47-39(31)23-27/h1-24H. The summed E-state index contributed by atoms with van der Waals surface area (Å²) in [5.74, 6) is 0. The zero-order chi connectivity index (χ0) is 32.1. The van der Waals surface area contributed by atoms with Crippen LogP contribution in [0.4, 0.5) is 17.1 Å². The summed E-state index contributed by atoms with van der Waals surface area (Å²) >= 11 is 5.49. The molecule has 0 radical (unpaired) electrons. The fraction of sp³-hybridized carbons (Fsp3) is 0. The van der Waals surface area contributed by atoms with Gasteiger partial charge in [-0.2, -0.15) is 0 Å². The summed E-state index contributed by atoms with van der Waals surface area (Å²) in [5.41, 5.74) is 7.36. The zero-order valence-corrected chi connectivity index (χ0v) is 28.3. The smallest absolute Gasteiger partial charge is 0.135 e. The van der Waals surface area contributed by atoms with Crippen molar-refractivity contribution in [2.45, 2.75) is 0 Å². The van der Waals surface area contributed by atoms with E-state index in [1.54, 1.807) is 11.3 Å². The van der Waals surface area contributed by atoms with E-state index in [0.717, 1.165) is 55.1 Å². The zero-order valence-electron chi connectivity index (χ0n) is 25.9. The Balaban J connectivity index is 1.12. The second-order valence-corrected chi connectivity index (χ2v) is 15.5. The third-order valence-electron chi connectivity index (χ3n) is 9.49. The predicted molar refractivity (Wildman–Crippen MR) is 213 cm³/mol. The van der Waals surface area contributed by atoms with Gasteiger partial charge in [0.1, 0.15) is 16.2 Å². The summed E-state index contributed by atoms with van der Waals surface area (Å²) < 4.78 is 12.6. The fourth-order valence-electron chi connectivity index (χ4n) is 7.23. The maximum atomic E-state index is 6.23. The van der Waals surface area contributed by atoms with Crippen LogP contribution in [0.2, 0.25) is 0 Å². The van der Waals surface area contributed by atoms with Crippen LogP contribution in [0.1, 0.15) is 0 Å². The summed E-state index contributed by atoms with van der Waals surface area (Å²) in [7, 11) is 0. The molecule has 3 nitrogen and oxygen atoms in total. The molecule has 4 heterocycles. The van der Waals surface area contributed by atoms with Crippen LogP contribution in [-0.4, -0.2) is 4.98 Å². The Hall–Kier alpha value is -5.53. The van der Waals surface area contributed by atoms with E-state index in [0.29, 0.717) is 0 Å². The van der Waals surface area contributed by atoms with Crippen molar-refractivity contribution in [1.29, 1.82) is 0 Å². The van der Waals surface area contributed by atoms with E-state index in [9.17, 15) is 0 Å². The van der Waals surface area contributed by atoms with Crippen LogP contribution < -0.4 is 4.90 Å². The van der Waals surface area contributed by atoms with Gasteiger partial charge in [0.2, 0.25) is 0 Å². The molecule has 4 aromatic heterocycles. The van der Waals surface area contributed by atoms with E-state index < -0.39 is 0 Å². The molecule has 0 saturated heterocycles. The van der Waals surface area contributed by atoms with Crippen LogP contribution in [0, 0.1) is 0 Å². The highest BCUT2D eigenvalue weighted by atomic mass is 32.1. The molecule has 0 N–H and O–H groups in total. The molecule has 6 heteroatoms. The number of aromatic nitrogens is 1. The Labute approximate surface area is 292 Å². The molecule has 0 aliphatic heterocycles. The summed E-state index contributed by atoms with van der Waals surface area (Å²) in [6.07, 6.45) is 0. The van der Waals surface area contributed by atoms with Crippen LogP contribution in [0.3, 0.4) is 0 Å². The van der Waals surface area contributed by atoms with Gasteiger partial charge in [-0.25, -0.2) is 4.98 Å². The molecule has 11 rings (SSSR count). The second kappa shape index (κ2) is 10.5. The van der Waals surface area contributed by atoms with Crippen molar-refractivity contribution >= 4 is 124 Å². The molecule has 0 aliphatic rings. The Kier molecular flexibility index (Phi) is 5.87. The molecular formula is C43H24N2OS3. The summed E-state index contributed by atoms with van der Waals surface area (Å²) in [4.78, 5) is 7.43. The van der Waals surface area contributed by atoms with Crippen LogP contribution in [0.15, 0.2) is 150 Å². The van der Waals surface area contributed by atoms with Gasteiger partial charge in [-0.3, -0.25) is 0 Å². The van der Waals surface area contributed by atoms with Gasteiger partial charge in [0.25, 0.3) is 0 Å². The van der Waals surface area contributed by atoms with Crippen LogP contribution in [0.25, 0.3) is 83.1 Å². The maximum Gasteiger partial charge on any atom is 0.135 e. The first kappa shape index (κ1) is 27.4. The number of benzene rings is 7. The number of thiazole rings is 1. The lowest BCUT2D eigenvalue weighted by atomic mass is 10.1. The number of fused-ring (bicyclic) bond motifs is 11. The summed E-state index contributed by atoms with van der Waals surface area (Å²) in [6.45, 7) is 0. The van der Waals surface area contributed by atoms with E-state index in [2.05, 4.69) is 138 Å². The molecule has 0 bridgehead atoms. The van der Waals surface area contributed by atoms with Gasteiger partial charge in [0.05, 0.1) is 10.2 Å². The molecule has 49 heavy (non-hydrogen) atoms. The van der Waals surface area contributed by atoms with Crippen molar-refractivity contribution in [2.75, 3.05) is 4.90 Å². The van der Waals surface area contributed by atoms with Crippen LogP contribution in [0.5, 0.6) is 0 Å². The molecule has 230 valence electrons. The Morgan fingerprint density at radius 1 is 0.449 bits per heavy atom. The largest absolute Gasteiger partial charge is 0.456 e. The minimum Gasteiger partial charge on any atom is -0.456 e. The van der Waals surface area contributed by atoms with Crippen molar-refractivity contribution < 1.29 is 4.42 Å². The number of hydrogen-bond donors (Lipinski definition) is 0. The van der Waals surface area contributed by atoms with Gasteiger partial charge in [-0.05, 0) is 66.7 Å². The lowest BCUT2D eigenvalue weighted by Gasteiger charge is -2.26. The molecule has 0 saturated carbocycles. The van der Waals surface area contributed by atoms with Gasteiger partial charge in [-0.15, -0.1) is 34.0 Å². The average molecular weight is 681 g/mol. The molecule has 0 atom stereocenters. The minimum absolute atomic E-state index is 0.897. The van der Waals surface area contributed by atoms with Crippen molar-refractivity contribution in [3.63, 3.8) is 0 Å². The lowest BCUT2D eigenvalue weighted by Crippen LogP contribution is -2.09. The number of furan rings is 1.